The Labute approximate surface area is 289 Å². The van der Waals surface area contributed by atoms with Gasteiger partial charge in [0.2, 0.25) is 0 Å². The standard InChI is InChI=1S/C39H38N4O7/c1-26(44)35-32(45)24-30(43(35)42-23-22-34(41-38(42)47)40-37(46)27-14-7-4-8-15-27)25-50-39(28-16-9-5-10-17-28,29-18-11-6-12-19-29)31-20-13-21-33(48-2)36(31)49-3/h4-23,30,32,35,45H,24-25H2,1-3H3,(H,40,41,46,47). The summed E-state index contributed by atoms with van der Waals surface area (Å²) in [6.45, 7) is 1.33. The highest BCUT2D eigenvalue weighted by Crippen LogP contribution is 2.47. The summed E-state index contributed by atoms with van der Waals surface area (Å²) in [4.78, 5) is 43.4. The molecule has 2 N–H and O–H groups in total. The van der Waals surface area contributed by atoms with Crippen molar-refractivity contribution in [1.29, 1.82) is 0 Å². The molecule has 5 aromatic rings. The average Bonchev–Trinajstić information content (AvgIpc) is 3.48. The number of rotatable bonds is 12. The molecule has 0 radical (unpaired) electrons. The lowest BCUT2D eigenvalue weighted by atomic mass is 9.79. The molecule has 11 nitrogen and oxygen atoms in total. The lowest BCUT2D eigenvalue weighted by Gasteiger charge is -2.39. The monoisotopic (exact) mass is 674 g/mol. The summed E-state index contributed by atoms with van der Waals surface area (Å²) < 4.78 is 20.0. The number of ether oxygens (including phenoxy) is 3. The number of methoxy groups -OCH3 is 2. The number of carbonyl (C=O) groups is 2. The predicted octanol–water partition coefficient (Wildman–Crippen LogP) is 4.55. The lowest BCUT2D eigenvalue weighted by molar-refractivity contribution is -0.120. The topological polar surface area (TPSA) is 132 Å². The molecule has 3 atom stereocenters. The zero-order valence-electron chi connectivity index (χ0n) is 27.9. The molecule has 1 aliphatic rings. The van der Waals surface area contributed by atoms with Crippen molar-refractivity contribution >= 4 is 17.5 Å². The van der Waals surface area contributed by atoms with Crippen molar-refractivity contribution in [1.82, 2.24) is 9.66 Å². The van der Waals surface area contributed by atoms with Gasteiger partial charge in [-0.05, 0) is 42.3 Å². The van der Waals surface area contributed by atoms with Crippen molar-refractivity contribution in [3.8, 4) is 11.5 Å². The fraction of sp³-hybridized carbons (Fsp3) is 0.231. The third-order valence-corrected chi connectivity index (χ3v) is 8.90. The number of nitrogens with one attached hydrogen (secondary N) is 1. The van der Waals surface area contributed by atoms with E-state index in [9.17, 15) is 19.5 Å². The first kappa shape index (κ1) is 34.1. The second-order valence-corrected chi connectivity index (χ2v) is 11.9. The van der Waals surface area contributed by atoms with Gasteiger partial charge in [0, 0.05) is 23.7 Å². The Morgan fingerprint density at radius 2 is 1.48 bits per heavy atom. The molecule has 0 aliphatic carbocycles. The summed E-state index contributed by atoms with van der Waals surface area (Å²) in [7, 11) is 3.14. The summed E-state index contributed by atoms with van der Waals surface area (Å²) in [6, 6.07) is 33.3. The Bertz CT molecular complexity index is 1960. The van der Waals surface area contributed by atoms with Gasteiger partial charge in [0.1, 0.15) is 17.5 Å². The molecule has 0 spiro atoms. The van der Waals surface area contributed by atoms with Crippen LogP contribution in [0.5, 0.6) is 11.5 Å². The normalized spacial score (nSPS) is 17.3. The van der Waals surface area contributed by atoms with E-state index in [2.05, 4.69) is 10.3 Å². The van der Waals surface area contributed by atoms with Gasteiger partial charge in [-0.15, -0.1) is 0 Å². The number of hydrogen-bond acceptors (Lipinski definition) is 9. The summed E-state index contributed by atoms with van der Waals surface area (Å²) in [6.07, 6.45) is 0.460. The number of carbonyl (C=O) groups excluding carboxylic acids is 2. The summed E-state index contributed by atoms with van der Waals surface area (Å²) in [5.74, 6) is 0.271. The number of aliphatic hydroxyl groups excluding tert-OH is 1. The molecule has 4 aromatic carbocycles. The Hall–Kier alpha value is -5.78. The number of nitrogens with zero attached hydrogens (tertiary/aromatic N) is 3. The quantitative estimate of drug-likeness (QED) is 0.183. The van der Waals surface area contributed by atoms with Crippen LogP contribution in [-0.4, -0.2) is 65.5 Å². The molecule has 1 amide bonds. The van der Waals surface area contributed by atoms with Crippen LogP contribution in [0.3, 0.4) is 0 Å². The highest BCUT2D eigenvalue weighted by atomic mass is 16.5. The Balaban J connectivity index is 1.42. The van der Waals surface area contributed by atoms with Crippen LogP contribution in [-0.2, 0) is 15.1 Å². The van der Waals surface area contributed by atoms with Gasteiger partial charge in [0.05, 0.1) is 33.0 Å². The molecule has 3 unspecified atom stereocenters. The molecule has 0 bridgehead atoms. The Morgan fingerprint density at radius 1 is 0.860 bits per heavy atom. The summed E-state index contributed by atoms with van der Waals surface area (Å²) >= 11 is 0. The van der Waals surface area contributed by atoms with Crippen molar-refractivity contribution in [3.05, 3.63) is 154 Å². The number of anilines is 1. The van der Waals surface area contributed by atoms with Crippen LogP contribution in [0.2, 0.25) is 0 Å². The van der Waals surface area contributed by atoms with Crippen molar-refractivity contribution in [2.75, 3.05) is 31.2 Å². The van der Waals surface area contributed by atoms with Crippen LogP contribution in [0.15, 0.2) is 126 Å². The maximum absolute atomic E-state index is 13.6. The molecule has 6 rings (SSSR count). The number of aliphatic hydroxyl groups is 1. The van der Waals surface area contributed by atoms with E-state index in [1.807, 2.05) is 72.8 Å². The highest BCUT2D eigenvalue weighted by Gasteiger charge is 2.47. The number of amides is 1. The highest BCUT2D eigenvalue weighted by molar-refractivity contribution is 6.03. The number of para-hydroxylation sites is 1. The van der Waals surface area contributed by atoms with Crippen LogP contribution in [0.1, 0.15) is 40.4 Å². The van der Waals surface area contributed by atoms with Crippen LogP contribution >= 0.6 is 0 Å². The molecule has 1 fully saturated rings. The van der Waals surface area contributed by atoms with Gasteiger partial charge in [0.15, 0.2) is 17.3 Å². The van der Waals surface area contributed by atoms with Gasteiger partial charge in [-0.1, -0.05) is 91.0 Å². The number of ketones is 1. The molecule has 2 heterocycles. The predicted molar refractivity (Wildman–Crippen MR) is 188 cm³/mol. The first-order valence-corrected chi connectivity index (χ1v) is 16.2. The van der Waals surface area contributed by atoms with Gasteiger partial charge < -0.3 is 24.6 Å². The van der Waals surface area contributed by atoms with E-state index < -0.39 is 35.4 Å². The number of aromatic nitrogens is 2. The molecule has 11 heteroatoms. The van der Waals surface area contributed by atoms with E-state index in [1.165, 1.54) is 28.9 Å². The maximum Gasteiger partial charge on any atom is 0.368 e. The van der Waals surface area contributed by atoms with E-state index in [0.29, 0.717) is 22.6 Å². The van der Waals surface area contributed by atoms with Gasteiger partial charge >= 0.3 is 5.69 Å². The Kier molecular flexibility index (Phi) is 10.1. The minimum atomic E-state index is -1.26. The van der Waals surface area contributed by atoms with Gasteiger partial charge in [-0.3, -0.25) is 14.6 Å². The first-order valence-electron chi connectivity index (χ1n) is 16.2. The van der Waals surface area contributed by atoms with E-state index in [0.717, 1.165) is 11.1 Å². The number of benzene rings is 4. The maximum atomic E-state index is 13.6. The smallest absolute Gasteiger partial charge is 0.368 e. The molecule has 256 valence electrons. The molecular weight excluding hydrogens is 636 g/mol. The van der Waals surface area contributed by atoms with Crippen molar-refractivity contribution < 1.29 is 28.9 Å². The van der Waals surface area contributed by atoms with Crippen LogP contribution in [0, 0.1) is 0 Å². The van der Waals surface area contributed by atoms with Crippen molar-refractivity contribution in [3.63, 3.8) is 0 Å². The average molecular weight is 675 g/mol. The largest absolute Gasteiger partial charge is 0.493 e. The molecule has 1 saturated heterocycles. The summed E-state index contributed by atoms with van der Waals surface area (Å²) in [5.41, 5.74) is 0.659. The van der Waals surface area contributed by atoms with Gasteiger partial charge in [-0.2, -0.15) is 4.98 Å². The number of hydrogen-bond donors (Lipinski definition) is 2. The number of Topliss-reactive ketones (excluding diaryl/α,β-unsaturated/α-hetero) is 1. The van der Waals surface area contributed by atoms with Crippen LogP contribution < -0.4 is 25.5 Å². The lowest BCUT2D eigenvalue weighted by Crippen LogP contribution is -2.55. The molecular formula is C39H38N4O7. The summed E-state index contributed by atoms with van der Waals surface area (Å²) in [5, 5.41) is 15.4. The van der Waals surface area contributed by atoms with Gasteiger partial charge in [0.25, 0.3) is 5.91 Å². The molecule has 1 aromatic heterocycles. The molecule has 50 heavy (non-hydrogen) atoms. The second kappa shape index (κ2) is 14.8. The van der Waals surface area contributed by atoms with E-state index in [4.69, 9.17) is 14.2 Å². The van der Waals surface area contributed by atoms with E-state index in [-0.39, 0.29) is 24.6 Å². The fourth-order valence-electron chi connectivity index (χ4n) is 6.70. The van der Waals surface area contributed by atoms with E-state index >= 15 is 0 Å². The second-order valence-electron chi connectivity index (χ2n) is 11.9. The third kappa shape index (κ3) is 6.48. The van der Waals surface area contributed by atoms with Crippen LogP contribution in [0.4, 0.5) is 5.82 Å². The van der Waals surface area contributed by atoms with E-state index in [1.54, 1.807) is 50.6 Å². The third-order valence-electron chi connectivity index (χ3n) is 8.90. The van der Waals surface area contributed by atoms with Crippen LogP contribution in [0.25, 0.3) is 0 Å². The van der Waals surface area contributed by atoms with Gasteiger partial charge in [-0.25, -0.2) is 9.47 Å². The zero-order valence-corrected chi connectivity index (χ0v) is 27.9. The van der Waals surface area contributed by atoms with Crippen molar-refractivity contribution in [2.45, 2.75) is 37.1 Å². The van der Waals surface area contributed by atoms with Crippen molar-refractivity contribution in [2.24, 2.45) is 0 Å². The molecule has 0 saturated carbocycles. The fourth-order valence-corrected chi connectivity index (χ4v) is 6.70. The first-order chi connectivity index (χ1) is 24.3. The minimum Gasteiger partial charge on any atom is -0.493 e. The zero-order chi connectivity index (χ0) is 35.3. The SMILES string of the molecule is COc1cccc(C(OCC2CC(O)C(C(C)=O)N2n2ccc(NC(=O)c3ccccc3)nc2=O)(c2ccccc2)c2ccccc2)c1OC. The minimum absolute atomic E-state index is 0.0378. The molecule has 1 aliphatic heterocycles. The Morgan fingerprint density at radius 3 is 2.04 bits per heavy atom.